The topological polar surface area (TPSA) is 38.1 Å². The molecule has 122 valence electrons. The fourth-order valence-corrected chi connectivity index (χ4v) is 3.59. The van der Waals surface area contributed by atoms with Crippen LogP contribution in [0, 0.1) is 6.92 Å². The molecule has 0 N–H and O–H groups in total. The molecule has 0 spiro atoms. The van der Waals surface area contributed by atoms with Crippen LogP contribution in [0.2, 0.25) is 5.02 Å². The van der Waals surface area contributed by atoms with Gasteiger partial charge in [0.15, 0.2) is 0 Å². The standard InChI is InChI=1S/C15H13ClF2IN3O/c1-9-7-21-5-6-22(8-12(21)20-9)14(23)10-3-2-4-11(13(10)16)15(17,18)19/h2-4,7H,5-6,8H2,1H3. The van der Waals surface area contributed by atoms with Crippen LogP contribution in [0.15, 0.2) is 24.4 Å². The molecule has 1 aromatic carbocycles. The Balaban J connectivity index is 1.90. The van der Waals surface area contributed by atoms with Crippen LogP contribution < -0.4 is 0 Å². The molecule has 1 aliphatic rings. The van der Waals surface area contributed by atoms with Crippen LogP contribution in [0.3, 0.4) is 0 Å². The quantitative estimate of drug-likeness (QED) is 0.512. The summed E-state index contributed by atoms with van der Waals surface area (Å²) >= 11 is 7.07. The average Bonchev–Trinajstić information content (AvgIpc) is 2.84. The zero-order valence-corrected chi connectivity index (χ0v) is 15.1. The van der Waals surface area contributed by atoms with Gasteiger partial charge in [0.2, 0.25) is 0 Å². The number of rotatable bonds is 2. The fourth-order valence-electron chi connectivity index (χ4n) is 2.65. The number of halogens is 4. The van der Waals surface area contributed by atoms with Gasteiger partial charge in [0.05, 0.1) is 28.4 Å². The lowest BCUT2D eigenvalue weighted by Crippen LogP contribution is -2.38. The third kappa shape index (κ3) is 3.21. The van der Waals surface area contributed by atoms with Crippen molar-refractivity contribution in [3.05, 3.63) is 52.1 Å². The fraction of sp³-hybridized carbons (Fsp3) is 0.333. The normalized spacial score (nSPS) is 14.7. The first-order valence-corrected chi connectivity index (χ1v) is 8.40. The Morgan fingerprint density at radius 2 is 2.13 bits per heavy atom. The van der Waals surface area contributed by atoms with Gasteiger partial charge in [-0.2, -0.15) is 8.78 Å². The molecule has 0 aliphatic carbocycles. The minimum Gasteiger partial charge on any atom is -0.331 e. The predicted molar refractivity (Wildman–Crippen MR) is 91.1 cm³/mol. The molecule has 1 amide bonds. The summed E-state index contributed by atoms with van der Waals surface area (Å²) in [6, 6.07) is 4.14. The van der Waals surface area contributed by atoms with Crippen LogP contribution in [-0.4, -0.2) is 26.9 Å². The van der Waals surface area contributed by atoms with Gasteiger partial charge in [0, 0.05) is 41.9 Å². The van der Waals surface area contributed by atoms with Gasteiger partial charge in [-0.05, 0) is 13.0 Å². The zero-order chi connectivity index (χ0) is 16.8. The number of benzene rings is 1. The van der Waals surface area contributed by atoms with Crippen molar-refractivity contribution >= 4 is 40.1 Å². The molecule has 0 radical (unpaired) electrons. The van der Waals surface area contributed by atoms with Gasteiger partial charge >= 0.3 is 3.93 Å². The molecular weight excluding hydrogens is 439 g/mol. The van der Waals surface area contributed by atoms with Crippen LogP contribution in [0.25, 0.3) is 0 Å². The van der Waals surface area contributed by atoms with Crippen molar-refractivity contribution < 1.29 is 13.6 Å². The molecule has 0 fully saturated rings. The summed E-state index contributed by atoms with van der Waals surface area (Å²) < 4.78 is 26.0. The van der Waals surface area contributed by atoms with E-state index >= 15 is 0 Å². The molecule has 1 aliphatic heterocycles. The average molecular weight is 452 g/mol. The first kappa shape index (κ1) is 16.6. The summed E-state index contributed by atoms with van der Waals surface area (Å²) in [5, 5.41) is -0.193. The summed E-state index contributed by atoms with van der Waals surface area (Å²) in [6.45, 7) is 3.35. The second-order valence-corrected chi connectivity index (χ2v) is 7.12. The minimum absolute atomic E-state index is 0.0947. The Hall–Kier alpha value is -1.22. The number of carbonyl (C=O) groups is 1. The highest BCUT2D eigenvalue weighted by Gasteiger charge is 2.33. The van der Waals surface area contributed by atoms with Crippen molar-refractivity contribution in [1.82, 2.24) is 14.5 Å². The molecule has 23 heavy (non-hydrogen) atoms. The highest BCUT2D eigenvalue weighted by molar-refractivity contribution is 14.1. The first-order chi connectivity index (χ1) is 10.8. The van der Waals surface area contributed by atoms with E-state index in [9.17, 15) is 13.6 Å². The monoisotopic (exact) mass is 451 g/mol. The molecule has 0 saturated heterocycles. The Morgan fingerprint density at radius 3 is 2.83 bits per heavy atom. The molecule has 0 unspecified atom stereocenters. The summed E-state index contributed by atoms with van der Waals surface area (Å²) in [5.41, 5.74) is 0.635. The summed E-state index contributed by atoms with van der Waals surface area (Å²) in [4.78, 5) is 18.6. The number of aromatic nitrogens is 2. The number of aryl methyl sites for hydroxylation is 1. The van der Waals surface area contributed by atoms with E-state index in [-0.39, 0.29) is 22.1 Å². The number of fused-ring (bicyclic) bond motifs is 1. The minimum atomic E-state index is -3.12. The zero-order valence-electron chi connectivity index (χ0n) is 12.2. The number of imidazole rings is 1. The molecule has 0 saturated carbocycles. The SMILES string of the molecule is Cc1cn2c(n1)CN(C(=O)c1cccc(C(F)(F)I)c1Cl)CC2. The van der Waals surface area contributed by atoms with Crippen LogP contribution in [-0.2, 0) is 17.0 Å². The van der Waals surface area contributed by atoms with E-state index < -0.39 is 3.93 Å². The van der Waals surface area contributed by atoms with E-state index in [4.69, 9.17) is 11.6 Å². The van der Waals surface area contributed by atoms with Gasteiger partial charge in [0.25, 0.3) is 5.91 Å². The first-order valence-electron chi connectivity index (χ1n) is 6.95. The predicted octanol–water partition coefficient (Wildman–Crippen LogP) is 3.99. The summed E-state index contributed by atoms with van der Waals surface area (Å²) in [5.74, 6) is 0.429. The molecule has 3 rings (SSSR count). The smallest absolute Gasteiger partial charge is 0.323 e. The number of hydrogen-bond acceptors (Lipinski definition) is 2. The summed E-state index contributed by atoms with van der Waals surface area (Å²) in [6.07, 6.45) is 1.93. The molecule has 2 heterocycles. The number of hydrogen-bond donors (Lipinski definition) is 0. The van der Waals surface area contributed by atoms with Crippen molar-refractivity contribution in [3.63, 3.8) is 0 Å². The van der Waals surface area contributed by atoms with E-state index in [2.05, 4.69) is 4.98 Å². The molecular formula is C15H13ClF2IN3O. The maximum absolute atomic E-state index is 13.6. The third-order valence-electron chi connectivity index (χ3n) is 3.74. The third-order valence-corrected chi connectivity index (χ3v) is 4.73. The second kappa shape index (κ2) is 6.01. The molecule has 0 bridgehead atoms. The molecule has 8 heteroatoms. The van der Waals surface area contributed by atoms with E-state index in [1.54, 1.807) is 4.90 Å². The Morgan fingerprint density at radius 1 is 1.39 bits per heavy atom. The molecule has 0 atom stereocenters. The van der Waals surface area contributed by atoms with E-state index in [1.807, 2.05) is 17.7 Å². The number of carbonyl (C=O) groups excluding carboxylic acids is 1. The highest BCUT2D eigenvalue weighted by atomic mass is 127. The van der Waals surface area contributed by atoms with Gasteiger partial charge in [-0.3, -0.25) is 4.79 Å². The van der Waals surface area contributed by atoms with E-state index in [0.29, 0.717) is 19.6 Å². The second-order valence-electron chi connectivity index (χ2n) is 5.38. The van der Waals surface area contributed by atoms with Crippen molar-refractivity contribution in [2.75, 3.05) is 6.54 Å². The van der Waals surface area contributed by atoms with Gasteiger partial charge in [-0.25, -0.2) is 4.98 Å². The van der Waals surface area contributed by atoms with Gasteiger partial charge in [-0.1, -0.05) is 23.7 Å². The number of alkyl halides is 3. The Labute approximate surface area is 150 Å². The maximum atomic E-state index is 13.6. The van der Waals surface area contributed by atoms with E-state index in [0.717, 1.165) is 34.1 Å². The van der Waals surface area contributed by atoms with Crippen LogP contribution in [0.1, 0.15) is 27.4 Å². The van der Waals surface area contributed by atoms with Crippen molar-refractivity contribution in [2.24, 2.45) is 0 Å². The molecule has 2 aromatic rings. The lowest BCUT2D eigenvalue weighted by atomic mass is 10.1. The van der Waals surface area contributed by atoms with Gasteiger partial charge < -0.3 is 9.47 Å². The van der Waals surface area contributed by atoms with Gasteiger partial charge in [0.1, 0.15) is 5.82 Å². The van der Waals surface area contributed by atoms with Gasteiger partial charge in [-0.15, -0.1) is 0 Å². The van der Waals surface area contributed by atoms with E-state index in [1.165, 1.54) is 18.2 Å². The van der Waals surface area contributed by atoms with Crippen molar-refractivity contribution in [1.29, 1.82) is 0 Å². The van der Waals surface area contributed by atoms with Crippen LogP contribution >= 0.6 is 34.2 Å². The molecule has 1 aromatic heterocycles. The van der Waals surface area contributed by atoms with Crippen molar-refractivity contribution in [3.8, 4) is 0 Å². The largest absolute Gasteiger partial charge is 0.331 e. The Bertz CT molecular complexity index is 773. The number of nitrogens with zero attached hydrogens (tertiary/aromatic N) is 3. The summed E-state index contributed by atoms with van der Waals surface area (Å²) in [7, 11) is 0. The lowest BCUT2D eigenvalue weighted by Gasteiger charge is -2.28. The molecule has 4 nitrogen and oxygen atoms in total. The highest BCUT2D eigenvalue weighted by Crippen LogP contribution is 2.40. The van der Waals surface area contributed by atoms with Crippen LogP contribution in [0.4, 0.5) is 8.78 Å². The maximum Gasteiger partial charge on any atom is 0.323 e. The number of amides is 1. The Kier molecular flexibility index (Phi) is 4.35. The van der Waals surface area contributed by atoms with Crippen molar-refractivity contribution in [2.45, 2.75) is 23.9 Å². The van der Waals surface area contributed by atoms with Crippen LogP contribution in [0.5, 0.6) is 0 Å². The lowest BCUT2D eigenvalue weighted by molar-refractivity contribution is 0.0707.